The minimum Gasteiger partial charge on any atom is -0.292 e. The molecule has 6 nitrogen and oxygen atoms in total. The highest BCUT2D eigenvalue weighted by atomic mass is 15.1. The fourth-order valence-corrected chi connectivity index (χ4v) is 18.6. The third-order valence-corrected chi connectivity index (χ3v) is 23.8. The van der Waals surface area contributed by atoms with Crippen molar-refractivity contribution in [1.82, 2.24) is 29.1 Å². The Balaban J connectivity index is 0.746. The lowest BCUT2D eigenvalue weighted by atomic mass is 9.67. The highest BCUT2D eigenvalue weighted by Gasteiger charge is 2.48. The molecule has 20 aromatic rings. The fourth-order valence-electron chi connectivity index (χ4n) is 18.6. The van der Waals surface area contributed by atoms with Crippen molar-refractivity contribution in [3.8, 4) is 123 Å². The molecule has 0 saturated carbocycles. The molecule has 0 atom stereocenters. The number of nitrogens with zero attached hydrogens (tertiary/aromatic N) is 6. The van der Waals surface area contributed by atoms with E-state index in [0.717, 1.165) is 134 Å². The molecule has 0 unspecified atom stereocenters. The number of imidazole rings is 2. The van der Waals surface area contributed by atoms with E-state index in [4.69, 9.17) is 19.9 Å². The summed E-state index contributed by atoms with van der Waals surface area (Å²) in [5, 5.41) is 0. The maximum Gasteiger partial charge on any atom is 0.145 e. The van der Waals surface area contributed by atoms with E-state index in [2.05, 4.69) is 434 Å². The summed E-state index contributed by atoms with van der Waals surface area (Å²) in [7, 11) is 0. The first-order chi connectivity index (χ1) is 56.5. The number of rotatable bonds is 14. The quantitative estimate of drug-likeness (QED) is 0.109. The summed E-state index contributed by atoms with van der Waals surface area (Å²) < 4.78 is 4.51. The van der Waals surface area contributed by atoms with Gasteiger partial charge in [-0.15, -0.1) is 0 Å². The summed E-state index contributed by atoms with van der Waals surface area (Å²) >= 11 is 0. The lowest BCUT2D eigenvalue weighted by Crippen LogP contribution is -2.28. The molecule has 2 aliphatic carbocycles. The Bertz CT molecular complexity index is 6570. The summed E-state index contributed by atoms with van der Waals surface area (Å²) in [4.78, 5) is 22.8. The van der Waals surface area contributed by atoms with Gasteiger partial charge in [0.2, 0.25) is 0 Å². The normalized spacial score (nSPS) is 12.9. The van der Waals surface area contributed by atoms with Crippen LogP contribution in [0.15, 0.2) is 425 Å². The van der Waals surface area contributed by atoms with E-state index >= 15 is 0 Å². The highest BCUT2D eigenvalue weighted by Crippen LogP contribution is 2.59. The van der Waals surface area contributed by atoms with Gasteiger partial charge in [-0.2, -0.15) is 0 Å². The van der Waals surface area contributed by atoms with Crippen molar-refractivity contribution in [2.45, 2.75) is 10.8 Å². The minimum absolute atomic E-state index is 0.633. The van der Waals surface area contributed by atoms with Gasteiger partial charge in [-0.3, -0.25) is 9.13 Å². The molecule has 3 aromatic heterocycles. The Morgan fingerprint density at radius 3 is 0.798 bits per heavy atom. The maximum atomic E-state index is 6.18. The largest absolute Gasteiger partial charge is 0.292 e. The standard InChI is InChI=1S/C108H70N6/c1-7-27-81(28-8-1)107(82-29-9-2-10-30-82)93-41-21-19-39-89(93)91-65-63-79(69-95(91)107)87-67-68-88(80-64-66-92-90-40-20-22-42-94(90)108(96(92)70-80,83-31-11-3-12-32-83)84-33-13-4-14-34-84)104-103(87)111-101(75-55-47-71(48-56-75)73-51-59-77(60-52-73)105-109-97-43-23-25-45-99(97)113(105)85-35-15-5-16-36-85)102(112-104)76-57-49-72(50-58-76)74-53-61-78(62-54-74)106-110-98-44-24-26-46-100(98)114(106)86-37-17-6-18-38-86/h1-70H. The molecule has 0 radical (unpaired) electrons. The molecule has 0 spiro atoms. The average Bonchev–Trinajstić information content (AvgIpc) is 1.55. The minimum atomic E-state index is -0.633. The average molecular weight is 1450 g/mol. The fraction of sp³-hybridized carbons (Fsp3) is 0.0185. The Labute approximate surface area is 661 Å². The van der Waals surface area contributed by atoms with Crippen LogP contribution >= 0.6 is 0 Å². The highest BCUT2D eigenvalue weighted by molar-refractivity contribution is 6.05. The number of hydrogen-bond acceptors (Lipinski definition) is 4. The van der Waals surface area contributed by atoms with Crippen LogP contribution < -0.4 is 0 Å². The smallest absolute Gasteiger partial charge is 0.145 e. The van der Waals surface area contributed by atoms with Gasteiger partial charge in [0.05, 0.1) is 55.3 Å². The number of para-hydroxylation sites is 6. The van der Waals surface area contributed by atoms with Crippen LogP contribution in [0.1, 0.15) is 44.5 Å². The predicted molar refractivity (Wildman–Crippen MR) is 467 cm³/mol. The molecule has 22 rings (SSSR count). The summed E-state index contributed by atoms with van der Waals surface area (Å²) in [6.07, 6.45) is 0. The molecule has 114 heavy (non-hydrogen) atoms. The molecular formula is C108H70N6. The zero-order valence-electron chi connectivity index (χ0n) is 62.1. The van der Waals surface area contributed by atoms with E-state index in [1.165, 1.54) is 66.8 Å². The van der Waals surface area contributed by atoms with E-state index in [-0.39, 0.29) is 0 Å². The maximum absolute atomic E-state index is 6.18. The van der Waals surface area contributed by atoms with Gasteiger partial charge in [0.15, 0.2) is 0 Å². The topological polar surface area (TPSA) is 61.4 Å². The summed E-state index contributed by atoms with van der Waals surface area (Å²) in [5.74, 6) is 1.78. The summed E-state index contributed by atoms with van der Waals surface area (Å²) in [6, 6.07) is 154. The molecule has 0 aliphatic heterocycles. The van der Waals surface area contributed by atoms with Gasteiger partial charge in [-0.05, 0) is 161 Å². The Hall–Kier alpha value is -15.0. The molecule has 0 bridgehead atoms. The Morgan fingerprint density at radius 1 is 0.184 bits per heavy atom. The van der Waals surface area contributed by atoms with Crippen LogP contribution in [0.4, 0.5) is 0 Å². The molecule has 0 amide bonds. The van der Waals surface area contributed by atoms with Crippen LogP contribution in [0.25, 0.3) is 157 Å². The Morgan fingerprint density at radius 2 is 0.447 bits per heavy atom. The first-order valence-electron chi connectivity index (χ1n) is 39.1. The van der Waals surface area contributed by atoms with Crippen molar-refractivity contribution in [3.05, 3.63) is 469 Å². The van der Waals surface area contributed by atoms with Crippen LogP contribution in [-0.4, -0.2) is 29.1 Å². The van der Waals surface area contributed by atoms with Gasteiger partial charge < -0.3 is 0 Å². The molecule has 0 saturated heterocycles. The third-order valence-electron chi connectivity index (χ3n) is 23.8. The Kier molecular flexibility index (Phi) is 15.6. The van der Waals surface area contributed by atoms with E-state index in [1.54, 1.807) is 0 Å². The molecule has 2 aliphatic rings. The van der Waals surface area contributed by atoms with Crippen LogP contribution in [-0.2, 0) is 10.8 Å². The second-order valence-electron chi connectivity index (χ2n) is 29.9. The first-order valence-corrected chi connectivity index (χ1v) is 39.1. The van der Waals surface area contributed by atoms with Gasteiger partial charge >= 0.3 is 0 Å². The zero-order valence-corrected chi connectivity index (χ0v) is 62.1. The van der Waals surface area contributed by atoms with Gasteiger partial charge in [-0.25, -0.2) is 19.9 Å². The van der Waals surface area contributed by atoms with E-state index in [0.29, 0.717) is 0 Å². The lowest BCUT2D eigenvalue weighted by Gasteiger charge is -2.34. The molecule has 0 fully saturated rings. The van der Waals surface area contributed by atoms with E-state index < -0.39 is 10.8 Å². The van der Waals surface area contributed by atoms with Crippen LogP contribution in [0, 0.1) is 0 Å². The second kappa shape index (κ2) is 27.0. The SMILES string of the molecule is c1ccc(-n2c(-c3ccc(-c4ccc(-c5nc6c(-c7ccc8c(c7)C(c7ccccc7)(c7ccccc7)c7ccccc7-8)ccc(-c7ccc8c(c7)C(c7ccccc7)(c7ccccc7)c7ccccc7-8)c6nc5-c5ccc(-c6ccc(-c7nc8ccccc8n7-c7ccccc7)cc6)cc5)cc4)cc3)nc3ccccc32)cc1. The molecule has 6 heteroatoms. The molecule has 532 valence electrons. The lowest BCUT2D eigenvalue weighted by molar-refractivity contribution is 0.769. The number of hydrogen-bond donors (Lipinski definition) is 0. The van der Waals surface area contributed by atoms with E-state index in [9.17, 15) is 0 Å². The van der Waals surface area contributed by atoms with Crippen molar-refractivity contribution in [2.75, 3.05) is 0 Å². The summed E-state index contributed by atoms with van der Waals surface area (Å²) in [6.45, 7) is 0. The molecular weight excluding hydrogens is 1380 g/mol. The van der Waals surface area contributed by atoms with Crippen molar-refractivity contribution in [2.24, 2.45) is 0 Å². The first kappa shape index (κ1) is 66.0. The van der Waals surface area contributed by atoms with Crippen molar-refractivity contribution in [3.63, 3.8) is 0 Å². The molecule has 17 aromatic carbocycles. The van der Waals surface area contributed by atoms with Gasteiger partial charge in [0.25, 0.3) is 0 Å². The van der Waals surface area contributed by atoms with Gasteiger partial charge in [0, 0.05) is 44.8 Å². The van der Waals surface area contributed by atoms with Gasteiger partial charge in [-0.1, -0.05) is 364 Å². The van der Waals surface area contributed by atoms with E-state index in [1.807, 2.05) is 0 Å². The van der Waals surface area contributed by atoms with Crippen molar-refractivity contribution in [1.29, 1.82) is 0 Å². The third kappa shape index (κ3) is 10.5. The number of fused-ring (bicyclic) bond motifs is 9. The van der Waals surface area contributed by atoms with Crippen molar-refractivity contribution < 1.29 is 0 Å². The predicted octanol–water partition coefficient (Wildman–Crippen LogP) is 26.4. The second-order valence-corrected chi connectivity index (χ2v) is 29.9. The van der Waals surface area contributed by atoms with Crippen LogP contribution in [0.3, 0.4) is 0 Å². The van der Waals surface area contributed by atoms with Crippen LogP contribution in [0.5, 0.6) is 0 Å². The summed E-state index contributed by atoms with van der Waals surface area (Å²) in [5.41, 5.74) is 35.0. The molecule has 3 heterocycles. The number of aromatic nitrogens is 6. The van der Waals surface area contributed by atoms with Crippen molar-refractivity contribution >= 4 is 33.1 Å². The van der Waals surface area contributed by atoms with Gasteiger partial charge in [0.1, 0.15) is 11.6 Å². The molecule has 0 N–H and O–H groups in total. The van der Waals surface area contributed by atoms with Crippen LogP contribution in [0.2, 0.25) is 0 Å². The number of benzene rings is 17. The monoisotopic (exact) mass is 1450 g/mol. The zero-order chi connectivity index (χ0) is 75.3.